The Hall–Kier alpha value is 0.270. The van der Waals surface area contributed by atoms with E-state index >= 15 is 0 Å². The lowest BCUT2D eigenvalue weighted by atomic mass is 9.66. The number of nitrogens with zero attached hydrogens (tertiary/aromatic N) is 1. The van der Waals surface area contributed by atoms with Crippen molar-refractivity contribution in [1.29, 1.82) is 0 Å². The Morgan fingerprint density at radius 1 is 1.21 bits per heavy atom. The van der Waals surface area contributed by atoms with E-state index in [2.05, 4.69) is 44.4 Å². The fourth-order valence-electron chi connectivity index (χ4n) is 4.52. The summed E-state index contributed by atoms with van der Waals surface area (Å²) in [7, 11) is 0. The Labute approximate surface area is 123 Å². The van der Waals surface area contributed by atoms with Gasteiger partial charge < -0.3 is 5.73 Å². The third-order valence-corrected chi connectivity index (χ3v) is 6.50. The van der Waals surface area contributed by atoms with Gasteiger partial charge in [-0.2, -0.15) is 11.8 Å². The molecule has 2 rings (SSSR count). The molecule has 1 aliphatic carbocycles. The summed E-state index contributed by atoms with van der Waals surface area (Å²) in [6.07, 6.45) is 5.46. The SMILES string of the molecule is CC1CN(C2(CN)CCCCC2C(C)C)CC(C)S1. The molecule has 4 atom stereocenters. The van der Waals surface area contributed by atoms with E-state index in [-0.39, 0.29) is 5.54 Å². The van der Waals surface area contributed by atoms with Crippen molar-refractivity contribution in [1.82, 2.24) is 4.90 Å². The molecule has 2 N–H and O–H groups in total. The van der Waals surface area contributed by atoms with Crippen LogP contribution in [0.2, 0.25) is 0 Å². The number of nitrogens with two attached hydrogens (primary N) is 1. The van der Waals surface area contributed by atoms with Gasteiger partial charge in [-0.05, 0) is 24.7 Å². The van der Waals surface area contributed by atoms with Crippen LogP contribution in [0.25, 0.3) is 0 Å². The summed E-state index contributed by atoms with van der Waals surface area (Å²) in [4.78, 5) is 2.78. The van der Waals surface area contributed by atoms with Gasteiger partial charge in [0.25, 0.3) is 0 Å². The lowest BCUT2D eigenvalue weighted by molar-refractivity contribution is -0.0147. The lowest BCUT2D eigenvalue weighted by Gasteiger charge is -2.55. The highest BCUT2D eigenvalue weighted by Crippen LogP contribution is 2.44. The average molecular weight is 285 g/mol. The zero-order chi connectivity index (χ0) is 14.0. The maximum atomic E-state index is 6.34. The van der Waals surface area contributed by atoms with Crippen molar-refractivity contribution in [2.24, 2.45) is 17.6 Å². The predicted molar refractivity (Wildman–Crippen MR) is 86.7 cm³/mol. The van der Waals surface area contributed by atoms with Crippen molar-refractivity contribution in [3.8, 4) is 0 Å². The normalized spacial score (nSPS) is 41.7. The molecule has 1 heterocycles. The molecule has 4 unspecified atom stereocenters. The Balaban J connectivity index is 2.23. The van der Waals surface area contributed by atoms with Gasteiger partial charge in [0.1, 0.15) is 0 Å². The van der Waals surface area contributed by atoms with Crippen LogP contribution in [-0.2, 0) is 0 Å². The van der Waals surface area contributed by atoms with Crippen molar-refractivity contribution in [3.05, 3.63) is 0 Å². The highest BCUT2D eigenvalue weighted by molar-refractivity contribution is 8.00. The fraction of sp³-hybridized carbons (Fsp3) is 1.00. The first-order valence-corrected chi connectivity index (χ1v) is 9.04. The van der Waals surface area contributed by atoms with Gasteiger partial charge in [-0.1, -0.05) is 40.5 Å². The van der Waals surface area contributed by atoms with Crippen LogP contribution < -0.4 is 5.73 Å². The second-order valence-electron chi connectivity index (χ2n) is 7.07. The molecule has 0 amide bonds. The van der Waals surface area contributed by atoms with E-state index in [0.29, 0.717) is 0 Å². The Bertz CT molecular complexity index is 284. The molecule has 0 aromatic heterocycles. The molecule has 0 aromatic rings. The molecule has 1 saturated heterocycles. The summed E-state index contributed by atoms with van der Waals surface area (Å²) in [6.45, 7) is 12.9. The summed E-state index contributed by atoms with van der Waals surface area (Å²) in [6, 6.07) is 0. The molecule has 0 bridgehead atoms. The molecule has 2 nitrogen and oxygen atoms in total. The molecule has 3 heteroatoms. The average Bonchev–Trinajstić information content (AvgIpc) is 2.37. The van der Waals surface area contributed by atoms with E-state index in [1.54, 1.807) is 0 Å². The molecule has 1 saturated carbocycles. The van der Waals surface area contributed by atoms with Crippen LogP contribution in [0, 0.1) is 11.8 Å². The largest absolute Gasteiger partial charge is 0.329 e. The minimum absolute atomic E-state index is 0.288. The van der Waals surface area contributed by atoms with Crippen molar-refractivity contribution in [2.75, 3.05) is 19.6 Å². The molecular formula is C16H32N2S. The zero-order valence-electron chi connectivity index (χ0n) is 13.2. The maximum Gasteiger partial charge on any atom is 0.0363 e. The number of hydrogen-bond donors (Lipinski definition) is 1. The van der Waals surface area contributed by atoms with Crippen molar-refractivity contribution in [3.63, 3.8) is 0 Å². The molecule has 0 radical (unpaired) electrons. The molecule has 2 fully saturated rings. The van der Waals surface area contributed by atoms with Gasteiger partial charge in [0.05, 0.1) is 0 Å². The molecule has 0 spiro atoms. The van der Waals surface area contributed by atoms with Gasteiger partial charge in [0.15, 0.2) is 0 Å². The zero-order valence-corrected chi connectivity index (χ0v) is 14.0. The van der Waals surface area contributed by atoms with Crippen LogP contribution in [0.5, 0.6) is 0 Å². The first-order valence-electron chi connectivity index (χ1n) is 8.10. The van der Waals surface area contributed by atoms with E-state index in [0.717, 1.165) is 28.9 Å². The topological polar surface area (TPSA) is 29.3 Å². The van der Waals surface area contributed by atoms with E-state index in [1.807, 2.05) is 0 Å². The second-order valence-corrected chi connectivity index (χ2v) is 8.95. The molecule has 1 aliphatic heterocycles. The van der Waals surface area contributed by atoms with E-state index in [9.17, 15) is 0 Å². The van der Waals surface area contributed by atoms with Crippen molar-refractivity contribution < 1.29 is 0 Å². The Kier molecular flexibility index (Phi) is 5.24. The third kappa shape index (κ3) is 3.14. The fourth-order valence-corrected chi connectivity index (χ4v) is 5.85. The van der Waals surface area contributed by atoms with Gasteiger partial charge in [0, 0.05) is 35.7 Å². The molecule has 112 valence electrons. The van der Waals surface area contributed by atoms with E-state index < -0.39 is 0 Å². The number of rotatable bonds is 3. The summed E-state index contributed by atoms with van der Waals surface area (Å²) >= 11 is 2.15. The van der Waals surface area contributed by atoms with Crippen LogP contribution in [0.1, 0.15) is 53.4 Å². The Morgan fingerprint density at radius 2 is 1.84 bits per heavy atom. The monoisotopic (exact) mass is 284 g/mol. The van der Waals surface area contributed by atoms with Gasteiger partial charge >= 0.3 is 0 Å². The first-order chi connectivity index (χ1) is 8.99. The minimum Gasteiger partial charge on any atom is -0.329 e. The quantitative estimate of drug-likeness (QED) is 0.862. The highest BCUT2D eigenvalue weighted by Gasteiger charge is 2.47. The third-order valence-electron chi connectivity index (χ3n) is 5.27. The summed E-state index contributed by atoms with van der Waals surface area (Å²) in [5, 5.41) is 1.50. The number of hydrogen-bond acceptors (Lipinski definition) is 3. The van der Waals surface area contributed by atoms with E-state index in [4.69, 9.17) is 5.73 Å². The molecule has 2 aliphatic rings. The Morgan fingerprint density at radius 3 is 2.37 bits per heavy atom. The van der Waals surface area contributed by atoms with Crippen LogP contribution in [0.3, 0.4) is 0 Å². The van der Waals surface area contributed by atoms with Crippen LogP contribution >= 0.6 is 11.8 Å². The predicted octanol–water partition coefficient (Wildman–Crippen LogP) is 3.36. The standard InChI is InChI=1S/C16H32N2S/c1-12(2)15-7-5-6-8-16(15,11-17)18-9-13(3)19-14(4)10-18/h12-15H,5-11,17H2,1-4H3. The molecule has 0 aromatic carbocycles. The minimum atomic E-state index is 0.288. The summed E-state index contributed by atoms with van der Waals surface area (Å²) < 4.78 is 0. The maximum absolute atomic E-state index is 6.34. The molecular weight excluding hydrogens is 252 g/mol. The number of thioether (sulfide) groups is 1. The van der Waals surface area contributed by atoms with Crippen molar-refractivity contribution >= 4 is 11.8 Å². The van der Waals surface area contributed by atoms with Crippen LogP contribution in [-0.4, -0.2) is 40.6 Å². The summed E-state index contributed by atoms with van der Waals surface area (Å²) in [5.74, 6) is 1.54. The van der Waals surface area contributed by atoms with Gasteiger partial charge in [0.2, 0.25) is 0 Å². The summed E-state index contributed by atoms with van der Waals surface area (Å²) in [5.41, 5.74) is 6.63. The van der Waals surface area contributed by atoms with Gasteiger partial charge in [-0.15, -0.1) is 0 Å². The highest BCUT2D eigenvalue weighted by atomic mass is 32.2. The van der Waals surface area contributed by atoms with Crippen LogP contribution in [0.4, 0.5) is 0 Å². The smallest absolute Gasteiger partial charge is 0.0363 e. The lowest BCUT2D eigenvalue weighted by Crippen LogP contribution is -2.64. The first kappa shape index (κ1) is 15.7. The van der Waals surface area contributed by atoms with Crippen LogP contribution in [0.15, 0.2) is 0 Å². The van der Waals surface area contributed by atoms with Gasteiger partial charge in [-0.3, -0.25) is 4.90 Å². The van der Waals surface area contributed by atoms with E-state index in [1.165, 1.54) is 38.8 Å². The van der Waals surface area contributed by atoms with Gasteiger partial charge in [-0.25, -0.2) is 0 Å². The molecule has 19 heavy (non-hydrogen) atoms. The van der Waals surface area contributed by atoms with Crippen molar-refractivity contribution in [2.45, 2.75) is 69.4 Å². The second kappa shape index (κ2) is 6.36.